The lowest BCUT2D eigenvalue weighted by atomic mass is 10.0. The third kappa shape index (κ3) is 9.45. The fourth-order valence-corrected chi connectivity index (χ4v) is 7.71. The van der Waals surface area contributed by atoms with Crippen LogP contribution >= 0.6 is 11.8 Å². The molecule has 0 radical (unpaired) electrons. The SMILES string of the molecule is Cc1ccc(S(=O)(=O)N[C@H](Cc2ccccc2)C(=O)Nc2cccc(C3O[C@H](CSc4ccccn4)C[C@H](c4ccc(CO)cc4)O3)c2)cc1. The molecule has 1 unspecified atom stereocenters. The van der Waals surface area contributed by atoms with Gasteiger partial charge in [-0.25, -0.2) is 13.4 Å². The van der Waals surface area contributed by atoms with Gasteiger partial charge in [0, 0.05) is 29.6 Å². The van der Waals surface area contributed by atoms with Gasteiger partial charge in [0.05, 0.1) is 28.7 Å². The molecule has 0 saturated carbocycles. The van der Waals surface area contributed by atoms with Crippen molar-refractivity contribution in [3.05, 3.63) is 155 Å². The molecule has 0 bridgehead atoms. The fraction of sp³-hybridized carbons (Fsp3) is 0.231. The maximum atomic E-state index is 13.8. The zero-order valence-electron chi connectivity index (χ0n) is 27.5. The van der Waals surface area contributed by atoms with E-state index in [-0.39, 0.29) is 30.1 Å². The molecule has 0 spiro atoms. The van der Waals surface area contributed by atoms with Crippen molar-refractivity contribution < 1.29 is 27.8 Å². The maximum Gasteiger partial charge on any atom is 0.242 e. The van der Waals surface area contributed by atoms with Crippen molar-refractivity contribution in [1.29, 1.82) is 0 Å². The highest BCUT2D eigenvalue weighted by atomic mass is 32.2. The van der Waals surface area contributed by atoms with Crippen LogP contribution < -0.4 is 10.0 Å². The number of nitrogens with zero attached hydrogens (tertiary/aromatic N) is 1. The number of benzene rings is 4. The molecule has 1 aromatic heterocycles. The van der Waals surface area contributed by atoms with Gasteiger partial charge in [-0.05, 0) is 66.4 Å². The Morgan fingerprint density at radius 1 is 0.880 bits per heavy atom. The molecular weight excluding hydrogens is 671 g/mol. The largest absolute Gasteiger partial charge is 0.392 e. The summed E-state index contributed by atoms with van der Waals surface area (Å²) in [5.74, 6) is 0.152. The van der Waals surface area contributed by atoms with Crippen LogP contribution in [0, 0.1) is 6.92 Å². The lowest BCUT2D eigenvalue weighted by Gasteiger charge is -2.36. The number of amides is 1. The second kappa shape index (κ2) is 16.6. The molecule has 258 valence electrons. The Balaban J connectivity index is 1.22. The van der Waals surface area contributed by atoms with Gasteiger partial charge in [-0.2, -0.15) is 4.72 Å². The van der Waals surface area contributed by atoms with Crippen LogP contribution in [0.3, 0.4) is 0 Å². The number of pyridine rings is 1. The number of sulfonamides is 1. The second-order valence-electron chi connectivity index (χ2n) is 12.1. The number of aryl methyl sites for hydroxylation is 1. The molecule has 1 aliphatic heterocycles. The topological polar surface area (TPSA) is 127 Å². The number of carbonyl (C=O) groups is 1. The first-order valence-corrected chi connectivity index (χ1v) is 18.8. The van der Waals surface area contributed by atoms with Crippen molar-refractivity contribution in [3.63, 3.8) is 0 Å². The highest BCUT2D eigenvalue weighted by Crippen LogP contribution is 2.39. The van der Waals surface area contributed by atoms with Crippen LogP contribution in [0.15, 0.2) is 137 Å². The lowest BCUT2D eigenvalue weighted by molar-refractivity contribution is -0.245. The smallest absolute Gasteiger partial charge is 0.242 e. The first-order valence-electron chi connectivity index (χ1n) is 16.3. The standard InChI is InChI=1S/C39H39N3O6S2/c1-27-13-19-34(20-14-27)50(45,46)42-35(22-28-8-3-2-4-9-28)38(44)41-32-11-7-10-31(23-32)39-47-33(26-49-37-12-5-6-21-40-37)24-36(48-39)30-17-15-29(25-43)16-18-30/h2-21,23,33,35-36,39,42-43H,22,24-26H2,1H3,(H,41,44)/t33-,35+,36+,39?/m0/s1. The Bertz CT molecular complexity index is 1960. The van der Waals surface area contributed by atoms with Gasteiger partial charge in [-0.15, -0.1) is 11.8 Å². The van der Waals surface area contributed by atoms with Crippen LogP contribution in [0.4, 0.5) is 5.69 Å². The number of carbonyl (C=O) groups excluding carboxylic acids is 1. The molecule has 3 N–H and O–H groups in total. The molecule has 4 aromatic carbocycles. The van der Waals surface area contributed by atoms with Crippen LogP contribution in [0.5, 0.6) is 0 Å². The van der Waals surface area contributed by atoms with E-state index >= 15 is 0 Å². The summed E-state index contributed by atoms with van der Waals surface area (Å²) in [4.78, 5) is 18.3. The van der Waals surface area contributed by atoms with Crippen LogP contribution in [0.1, 0.15) is 46.6 Å². The predicted molar refractivity (Wildman–Crippen MR) is 194 cm³/mol. The van der Waals surface area contributed by atoms with Gasteiger partial charge in [0.15, 0.2) is 6.29 Å². The van der Waals surface area contributed by atoms with Gasteiger partial charge in [0.2, 0.25) is 15.9 Å². The van der Waals surface area contributed by atoms with Crippen LogP contribution in [-0.2, 0) is 37.3 Å². The Morgan fingerprint density at radius 2 is 1.64 bits per heavy atom. The van der Waals surface area contributed by atoms with Crippen molar-refractivity contribution in [2.45, 2.75) is 60.8 Å². The minimum Gasteiger partial charge on any atom is -0.392 e. The summed E-state index contributed by atoms with van der Waals surface area (Å²) in [6.07, 6.45) is 1.34. The number of aromatic nitrogens is 1. The third-order valence-corrected chi connectivity index (χ3v) is 10.9. The predicted octanol–water partition coefficient (Wildman–Crippen LogP) is 6.75. The summed E-state index contributed by atoms with van der Waals surface area (Å²) in [6, 6.07) is 35.4. The van der Waals surface area contributed by atoms with E-state index in [4.69, 9.17) is 9.47 Å². The van der Waals surface area contributed by atoms with Gasteiger partial charge in [0.25, 0.3) is 0 Å². The number of anilines is 1. The first-order chi connectivity index (χ1) is 24.3. The summed E-state index contributed by atoms with van der Waals surface area (Å²) < 4.78 is 42.4. The van der Waals surface area contributed by atoms with E-state index in [9.17, 15) is 18.3 Å². The molecule has 4 atom stereocenters. The van der Waals surface area contributed by atoms with Gasteiger partial charge in [-0.1, -0.05) is 90.5 Å². The van der Waals surface area contributed by atoms with E-state index in [0.717, 1.165) is 27.3 Å². The number of ether oxygens (including phenoxy) is 2. The second-order valence-corrected chi connectivity index (χ2v) is 14.9. The van der Waals surface area contributed by atoms with Gasteiger partial charge in [0.1, 0.15) is 6.04 Å². The Labute approximate surface area is 297 Å². The minimum atomic E-state index is -4.00. The van der Waals surface area contributed by atoms with Crippen molar-refractivity contribution in [3.8, 4) is 0 Å². The summed E-state index contributed by atoms with van der Waals surface area (Å²) in [7, 11) is -4.00. The van der Waals surface area contributed by atoms with Gasteiger partial charge >= 0.3 is 0 Å². The maximum absolute atomic E-state index is 13.8. The number of thioether (sulfide) groups is 1. The number of nitrogens with one attached hydrogen (secondary N) is 2. The molecule has 50 heavy (non-hydrogen) atoms. The number of rotatable bonds is 13. The number of aliphatic hydroxyl groups is 1. The molecule has 0 aliphatic carbocycles. The van der Waals surface area contributed by atoms with Crippen molar-refractivity contribution in [1.82, 2.24) is 9.71 Å². The third-order valence-electron chi connectivity index (χ3n) is 8.32. The fourth-order valence-electron chi connectivity index (χ4n) is 5.64. The first kappa shape index (κ1) is 35.5. The lowest BCUT2D eigenvalue weighted by Crippen LogP contribution is -2.45. The van der Waals surface area contributed by atoms with E-state index in [1.807, 2.05) is 85.8 Å². The normalized spacial score (nSPS) is 18.3. The molecule has 11 heteroatoms. The molecule has 1 amide bonds. The molecular formula is C39H39N3O6S2. The zero-order valence-corrected chi connectivity index (χ0v) is 29.1. The van der Waals surface area contributed by atoms with Crippen molar-refractivity contribution in [2.24, 2.45) is 0 Å². The number of hydrogen-bond acceptors (Lipinski definition) is 8. The molecule has 5 aromatic rings. The summed E-state index contributed by atoms with van der Waals surface area (Å²) >= 11 is 1.61. The van der Waals surface area contributed by atoms with Gasteiger partial charge in [-0.3, -0.25) is 4.79 Å². The Hall–Kier alpha value is -4.36. The minimum absolute atomic E-state index is 0.0427. The molecule has 2 heterocycles. The van der Waals surface area contributed by atoms with E-state index in [1.165, 1.54) is 12.1 Å². The average Bonchev–Trinajstić information content (AvgIpc) is 3.14. The molecule has 1 aliphatic rings. The molecule has 9 nitrogen and oxygen atoms in total. The van der Waals surface area contributed by atoms with Crippen molar-refractivity contribution >= 4 is 33.4 Å². The van der Waals surface area contributed by atoms with E-state index < -0.39 is 28.3 Å². The van der Waals surface area contributed by atoms with Crippen LogP contribution in [0.25, 0.3) is 0 Å². The number of aliphatic hydroxyl groups excluding tert-OH is 1. The van der Waals surface area contributed by atoms with E-state index in [1.54, 1.807) is 48.3 Å². The summed E-state index contributed by atoms with van der Waals surface area (Å²) in [5.41, 5.74) is 4.70. The van der Waals surface area contributed by atoms with E-state index in [2.05, 4.69) is 15.0 Å². The van der Waals surface area contributed by atoms with E-state index in [0.29, 0.717) is 23.4 Å². The highest BCUT2D eigenvalue weighted by molar-refractivity contribution is 7.99. The average molecular weight is 710 g/mol. The van der Waals surface area contributed by atoms with Crippen molar-refractivity contribution in [2.75, 3.05) is 11.1 Å². The van der Waals surface area contributed by atoms with Crippen LogP contribution in [0.2, 0.25) is 0 Å². The van der Waals surface area contributed by atoms with Crippen LogP contribution in [-0.4, -0.2) is 42.3 Å². The quantitative estimate of drug-likeness (QED) is 0.115. The summed E-state index contributed by atoms with van der Waals surface area (Å²) in [6.45, 7) is 1.84. The monoisotopic (exact) mass is 709 g/mol. The Kier molecular flexibility index (Phi) is 11.7. The molecule has 6 rings (SSSR count). The molecule has 1 fully saturated rings. The highest BCUT2D eigenvalue weighted by Gasteiger charge is 2.33. The van der Waals surface area contributed by atoms with Gasteiger partial charge < -0.3 is 19.9 Å². The zero-order chi connectivity index (χ0) is 34.9. The number of hydrogen-bond donors (Lipinski definition) is 3. The Morgan fingerprint density at radius 3 is 2.36 bits per heavy atom. The molecule has 1 saturated heterocycles. The summed E-state index contributed by atoms with van der Waals surface area (Å²) in [5, 5.41) is 13.4.